The number of benzene rings is 1. The van der Waals surface area contributed by atoms with Gasteiger partial charge >= 0.3 is 0 Å². The standard InChI is InChI=1S/C16H21N3O3/c1-18-15(22)7-8-16(11-17,12-21)19(2)9-13-5-3-4-6-14(13)10-20/h3-6,12,20H,7-10H2,1-2H3,(H,18,22). The van der Waals surface area contributed by atoms with Crippen LogP contribution in [0.3, 0.4) is 0 Å². The van der Waals surface area contributed by atoms with E-state index in [-0.39, 0.29) is 25.4 Å². The number of hydrogen-bond donors (Lipinski definition) is 2. The number of rotatable bonds is 8. The quantitative estimate of drug-likeness (QED) is 0.686. The molecular weight excluding hydrogens is 282 g/mol. The Morgan fingerprint density at radius 1 is 1.45 bits per heavy atom. The average Bonchev–Trinajstić information content (AvgIpc) is 2.56. The number of nitriles is 1. The second-order valence-corrected chi connectivity index (χ2v) is 5.11. The first-order chi connectivity index (χ1) is 10.5. The van der Waals surface area contributed by atoms with Crippen LogP contribution in [-0.2, 0) is 22.7 Å². The lowest BCUT2D eigenvalue weighted by Gasteiger charge is -2.31. The minimum Gasteiger partial charge on any atom is -0.392 e. The van der Waals surface area contributed by atoms with Crippen LogP contribution in [0.5, 0.6) is 0 Å². The van der Waals surface area contributed by atoms with Crippen LogP contribution in [0, 0.1) is 11.3 Å². The van der Waals surface area contributed by atoms with Crippen LogP contribution in [0.4, 0.5) is 0 Å². The summed E-state index contributed by atoms with van der Waals surface area (Å²) in [6.07, 6.45) is 0.788. The van der Waals surface area contributed by atoms with E-state index in [1.54, 1.807) is 18.0 Å². The summed E-state index contributed by atoms with van der Waals surface area (Å²) in [5.74, 6) is -0.217. The molecule has 118 valence electrons. The summed E-state index contributed by atoms with van der Waals surface area (Å²) in [6.45, 7) is 0.222. The summed E-state index contributed by atoms with van der Waals surface area (Å²) in [6, 6.07) is 9.31. The van der Waals surface area contributed by atoms with Crippen molar-refractivity contribution in [2.75, 3.05) is 14.1 Å². The molecule has 0 aromatic heterocycles. The van der Waals surface area contributed by atoms with E-state index in [4.69, 9.17) is 0 Å². The van der Waals surface area contributed by atoms with Gasteiger partial charge in [0.25, 0.3) is 0 Å². The normalized spacial score (nSPS) is 13.2. The van der Waals surface area contributed by atoms with E-state index in [0.29, 0.717) is 12.8 Å². The number of amides is 1. The van der Waals surface area contributed by atoms with Crippen LogP contribution in [0.2, 0.25) is 0 Å². The van der Waals surface area contributed by atoms with Crippen molar-refractivity contribution < 1.29 is 14.7 Å². The molecule has 22 heavy (non-hydrogen) atoms. The maximum Gasteiger partial charge on any atom is 0.219 e. The largest absolute Gasteiger partial charge is 0.392 e. The third-order valence-corrected chi connectivity index (χ3v) is 3.78. The fourth-order valence-corrected chi connectivity index (χ4v) is 2.20. The second-order valence-electron chi connectivity index (χ2n) is 5.11. The third-order valence-electron chi connectivity index (χ3n) is 3.78. The number of likely N-dealkylation sites (N-methyl/N-ethyl adjacent to an activating group) is 1. The van der Waals surface area contributed by atoms with Gasteiger partial charge in [-0.3, -0.25) is 9.69 Å². The van der Waals surface area contributed by atoms with Crippen molar-refractivity contribution >= 4 is 12.2 Å². The Morgan fingerprint density at radius 2 is 2.09 bits per heavy atom. The summed E-state index contributed by atoms with van der Waals surface area (Å²) in [5.41, 5.74) is 0.224. The van der Waals surface area contributed by atoms with Gasteiger partial charge in [-0.15, -0.1) is 0 Å². The predicted molar refractivity (Wildman–Crippen MR) is 81.5 cm³/mol. The molecule has 2 N–H and O–H groups in total. The molecule has 0 saturated heterocycles. The molecule has 1 atom stereocenters. The topological polar surface area (TPSA) is 93.4 Å². The molecule has 1 aromatic rings. The van der Waals surface area contributed by atoms with E-state index in [1.165, 1.54) is 7.05 Å². The summed E-state index contributed by atoms with van der Waals surface area (Å²) >= 11 is 0. The Bertz CT molecular complexity index is 568. The number of aliphatic hydroxyl groups excluding tert-OH is 1. The number of nitrogens with one attached hydrogen (secondary N) is 1. The Morgan fingerprint density at radius 3 is 2.59 bits per heavy atom. The van der Waals surface area contributed by atoms with Gasteiger partial charge in [-0.2, -0.15) is 5.26 Å². The van der Waals surface area contributed by atoms with E-state index < -0.39 is 5.54 Å². The lowest BCUT2D eigenvalue weighted by Crippen LogP contribution is -2.47. The first-order valence-electron chi connectivity index (χ1n) is 7.00. The molecule has 6 nitrogen and oxygen atoms in total. The highest BCUT2D eigenvalue weighted by atomic mass is 16.3. The van der Waals surface area contributed by atoms with E-state index in [1.807, 2.05) is 24.3 Å². The van der Waals surface area contributed by atoms with E-state index in [9.17, 15) is 20.0 Å². The van der Waals surface area contributed by atoms with Crippen molar-refractivity contribution in [1.29, 1.82) is 5.26 Å². The molecular formula is C16H21N3O3. The lowest BCUT2D eigenvalue weighted by molar-refractivity contribution is -0.122. The molecule has 1 aromatic carbocycles. The zero-order valence-corrected chi connectivity index (χ0v) is 12.9. The molecule has 0 saturated carbocycles. The SMILES string of the molecule is CNC(=O)CCC(C#N)(C=O)N(C)Cc1ccccc1CO. The molecule has 6 heteroatoms. The van der Waals surface area contributed by atoms with Crippen molar-refractivity contribution in [3.05, 3.63) is 35.4 Å². The first kappa shape index (κ1) is 17.8. The van der Waals surface area contributed by atoms with Crippen molar-refractivity contribution in [3.63, 3.8) is 0 Å². The van der Waals surface area contributed by atoms with Crippen LogP contribution in [0.15, 0.2) is 24.3 Å². The van der Waals surface area contributed by atoms with Crippen LogP contribution in [-0.4, -0.2) is 41.8 Å². The molecule has 0 aliphatic heterocycles. The first-order valence-corrected chi connectivity index (χ1v) is 7.00. The molecule has 1 unspecified atom stereocenters. The highest BCUT2D eigenvalue weighted by Gasteiger charge is 2.35. The number of nitrogens with zero attached hydrogens (tertiary/aromatic N) is 2. The maximum absolute atomic E-state index is 11.5. The minimum absolute atomic E-state index is 0.0921. The zero-order chi connectivity index (χ0) is 16.6. The molecule has 0 heterocycles. The Hall–Kier alpha value is -2.23. The zero-order valence-electron chi connectivity index (χ0n) is 12.9. The van der Waals surface area contributed by atoms with Crippen LogP contribution in [0.25, 0.3) is 0 Å². The Kier molecular flexibility index (Phi) is 6.70. The smallest absolute Gasteiger partial charge is 0.219 e. The summed E-state index contributed by atoms with van der Waals surface area (Å²) in [4.78, 5) is 24.5. The average molecular weight is 303 g/mol. The molecule has 0 fully saturated rings. The Balaban J connectivity index is 2.93. The van der Waals surface area contributed by atoms with Crippen LogP contribution in [0.1, 0.15) is 24.0 Å². The highest BCUT2D eigenvalue weighted by molar-refractivity contribution is 5.77. The molecule has 0 bridgehead atoms. The van der Waals surface area contributed by atoms with Crippen LogP contribution >= 0.6 is 0 Å². The summed E-state index contributed by atoms with van der Waals surface area (Å²) in [7, 11) is 3.17. The molecule has 0 aliphatic carbocycles. The van der Waals surface area contributed by atoms with Gasteiger partial charge in [0.2, 0.25) is 5.91 Å². The van der Waals surface area contributed by atoms with Crippen LogP contribution < -0.4 is 5.32 Å². The number of aliphatic hydroxyl groups is 1. The van der Waals surface area contributed by atoms with Gasteiger partial charge in [0.1, 0.15) is 0 Å². The fourth-order valence-electron chi connectivity index (χ4n) is 2.20. The van der Waals surface area contributed by atoms with Crippen molar-refractivity contribution in [1.82, 2.24) is 10.2 Å². The van der Waals surface area contributed by atoms with Crippen molar-refractivity contribution in [2.24, 2.45) is 0 Å². The number of hydrogen-bond acceptors (Lipinski definition) is 5. The second kappa shape index (κ2) is 8.27. The summed E-state index contributed by atoms with van der Waals surface area (Å²) in [5, 5.41) is 21.3. The van der Waals surface area contributed by atoms with Gasteiger partial charge < -0.3 is 15.2 Å². The van der Waals surface area contributed by atoms with Gasteiger partial charge in [-0.05, 0) is 24.6 Å². The van der Waals surface area contributed by atoms with Gasteiger partial charge in [0.15, 0.2) is 11.8 Å². The van der Waals surface area contributed by atoms with E-state index in [2.05, 4.69) is 5.32 Å². The van der Waals surface area contributed by atoms with Crippen molar-refractivity contribution in [2.45, 2.75) is 31.5 Å². The monoisotopic (exact) mass is 303 g/mol. The molecule has 1 amide bonds. The highest BCUT2D eigenvalue weighted by Crippen LogP contribution is 2.21. The summed E-state index contributed by atoms with van der Waals surface area (Å²) < 4.78 is 0. The minimum atomic E-state index is -1.37. The number of carbonyl (C=O) groups is 2. The predicted octanol–water partition coefficient (Wildman–Crippen LogP) is 0.598. The number of aldehydes is 1. The molecule has 1 rings (SSSR count). The lowest BCUT2D eigenvalue weighted by atomic mass is 9.93. The van der Waals surface area contributed by atoms with Gasteiger partial charge in [-0.25, -0.2) is 0 Å². The van der Waals surface area contributed by atoms with E-state index >= 15 is 0 Å². The Labute approximate surface area is 130 Å². The fraction of sp³-hybridized carbons (Fsp3) is 0.438. The molecule has 0 spiro atoms. The van der Waals surface area contributed by atoms with Gasteiger partial charge in [0, 0.05) is 20.0 Å². The molecule has 0 radical (unpaired) electrons. The van der Waals surface area contributed by atoms with Gasteiger partial charge in [0.05, 0.1) is 12.7 Å². The number of carbonyl (C=O) groups excluding carboxylic acids is 2. The molecule has 0 aliphatic rings. The third kappa shape index (κ3) is 4.13. The maximum atomic E-state index is 11.5. The van der Waals surface area contributed by atoms with Crippen molar-refractivity contribution in [3.8, 4) is 6.07 Å². The van der Waals surface area contributed by atoms with Gasteiger partial charge in [-0.1, -0.05) is 24.3 Å². The van der Waals surface area contributed by atoms with E-state index in [0.717, 1.165) is 11.1 Å².